The molecule has 0 saturated heterocycles. The van der Waals surface area contributed by atoms with Crippen LogP contribution in [0, 0.1) is 5.92 Å². The van der Waals surface area contributed by atoms with E-state index in [1.165, 1.54) is 11.1 Å². The molecule has 0 radical (unpaired) electrons. The average Bonchev–Trinajstić information content (AvgIpc) is 2.89. The standard InChI is InChI=1S/C30H33N3O2/c1-5-23-15-17-25(18-16-23)33-28(31-27-14-10-9-13-26(27)30(33)35)22(4)32(29(34)21(2)3)20-19-24-11-7-6-8-12-24/h6-18,21-22H,5,19-20H2,1-4H3. The van der Waals surface area contributed by atoms with E-state index >= 15 is 0 Å². The lowest BCUT2D eigenvalue weighted by Gasteiger charge is -2.32. The highest BCUT2D eigenvalue weighted by molar-refractivity contribution is 5.79. The normalized spacial score (nSPS) is 12.1. The molecular formula is C30H33N3O2. The first-order valence-corrected chi connectivity index (χ1v) is 12.4. The van der Waals surface area contributed by atoms with Gasteiger partial charge in [0.15, 0.2) is 0 Å². The van der Waals surface area contributed by atoms with Crippen LogP contribution in [0.15, 0.2) is 83.7 Å². The molecule has 4 rings (SSSR count). The Kier molecular flexibility index (Phi) is 7.45. The second-order valence-corrected chi connectivity index (χ2v) is 9.25. The number of carbonyl (C=O) groups is 1. The molecule has 4 aromatic rings. The van der Waals surface area contributed by atoms with Gasteiger partial charge in [-0.2, -0.15) is 0 Å². The van der Waals surface area contributed by atoms with E-state index in [1.54, 1.807) is 4.57 Å². The number of amides is 1. The Labute approximate surface area is 207 Å². The Balaban J connectivity index is 1.84. The van der Waals surface area contributed by atoms with Crippen LogP contribution in [0.5, 0.6) is 0 Å². The minimum Gasteiger partial charge on any atom is -0.332 e. The number of hydrogen-bond acceptors (Lipinski definition) is 3. The fourth-order valence-electron chi connectivity index (χ4n) is 4.42. The molecule has 0 saturated carbocycles. The molecule has 1 unspecified atom stereocenters. The SMILES string of the molecule is CCc1ccc(-n2c(C(C)N(CCc3ccccc3)C(=O)C(C)C)nc3ccccc3c2=O)cc1. The molecular weight excluding hydrogens is 434 g/mol. The highest BCUT2D eigenvalue weighted by Crippen LogP contribution is 2.25. The van der Waals surface area contributed by atoms with Crippen LogP contribution in [-0.2, 0) is 17.6 Å². The first kappa shape index (κ1) is 24.4. The quantitative estimate of drug-likeness (QED) is 0.332. The van der Waals surface area contributed by atoms with Crippen molar-refractivity contribution in [3.05, 3.63) is 106 Å². The molecule has 1 heterocycles. The number of benzene rings is 3. The molecule has 1 amide bonds. The summed E-state index contributed by atoms with van der Waals surface area (Å²) in [6.07, 6.45) is 1.65. The third kappa shape index (κ3) is 5.19. The number of nitrogens with zero attached hydrogens (tertiary/aromatic N) is 3. The lowest BCUT2D eigenvalue weighted by Crippen LogP contribution is -2.40. The molecule has 0 aliphatic heterocycles. The van der Waals surface area contributed by atoms with Crippen molar-refractivity contribution in [2.45, 2.75) is 46.6 Å². The number of para-hydroxylation sites is 1. The predicted octanol–water partition coefficient (Wildman–Crippen LogP) is 5.74. The zero-order valence-electron chi connectivity index (χ0n) is 20.9. The lowest BCUT2D eigenvalue weighted by molar-refractivity contribution is -0.136. The van der Waals surface area contributed by atoms with Crippen LogP contribution < -0.4 is 5.56 Å². The summed E-state index contributed by atoms with van der Waals surface area (Å²) in [6, 6.07) is 25.2. The van der Waals surface area contributed by atoms with E-state index in [0.29, 0.717) is 23.3 Å². The van der Waals surface area contributed by atoms with Gasteiger partial charge in [0.1, 0.15) is 5.82 Å². The molecule has 35 heavy (non-hydrogen) atoms. The van der Waals surface area contributed by atoms with Crippen molar-refractivity contribution in [3.63, 3.8) is 0 Å². The third-order valence-electron chi connectivity index (χ3n) is 6.51. The molecule has 3 aromatic carbocycles. The molecule has 0 aliphatic rings. The van der Waals surface area contributed by atoms with Gasteiger partial charge in [-0.25, -0.2) is 4.98 Å². The van der Waals surface area contributed by atoms with Gasteiger partial charge in [-0.15, -0.1) is 0 Å². The summed E-state index contributed by atoms with van der Waals surface area (Å²) in [5, 5.41) is 0.564. The summed E-state index contributed by atoms with van der Waals surface area (Å²) in [7, 11) is 0. The van der Waals surface area contributed by atoms with Crippen molar-refractivity contribution in [2.75, 3.05) is 6.54 Å². The molecule has 1 aromatic heterocycles. The van der Waals surface area contributed by atoms with Gasteiger partial charge >= 0.3 is 0 Å². The summed E-state index contributed by atoms with van der Waals surface area (Å²) in [5.74, 6) is 0.446. The number of aromatic nitrogens is 2. The maximum absolute atomic E-state index is 13.7. The van der Waals surface area contributed by atoms with Crippen LogP contribution in [0.3, 0.4) is 0 Å². The van der Waals surface area contributed by atoms with Crippen molar-refractivity contribution in [1.29, 1.82) is 0 Å². The summed E-state index contributed by atoms with van der Waals surface area (Å²) < 4.78 is 1.68. The van der Waals surface area contributed by atoms with Crippen molar-refractivity contribution in [3.8, 4) is 5.69 Å². The lowest BCUT2D eigenvalue weighted by atomic mass is 10.1. The molecule has 0 aliphatic carbocycles. The van der Waals surface area contributed by atoms with Crippen molar-refractivity contribution in [2.24, 2.45) is 5.92 Å². The maximum Gasteiger partial charge on any atom is 0.266 e. The van der Waals surface area contributed by atoms with Gasteiger partial charge in [0.25, 0.3) is 5.56 Å². The second-order valence-electron chi connectivity index (χ2n) is 9.25. The molecule has 0 spiro atoms. The summed E-state index contributed by atoms with van der Waals surface area (Å²) >= 11 is 0. The zero-order chi connectivity index (χ0) is 24.9. The summed E-state index contributed by atoms with van der Waals surface area (Å²) in [4.78, 5) is 33.9. The first-order valence-electron chi connectivity index (χ1n) is 12.4. The maximum atomic E-state index is 13.7. The van der Waals surface area contributed by atoms with Crippen molar-refractivity contribution in [1.82, 2.24) is 14.5 Å². The van der Waals surface area contributed by atoms with Gasteiger partial charge in [0.2, 0.25) is 5.91 Å². The average molecular weight is 468 g/mol. The van der Waals surface area contributed by atoms with Crippen LogP contribution in [-0.4, -0.2) is 26.9 Å². The largest absolute Gasteiger partial charge is 0.332 e. The Bertz CT molecular complexity index is 1360. The van der Waals surface area contributed by atoms with Crippen molar-refractivity contribution >= 4 is 16.8 Å². The van der Waals surface area contributed by atoms with Crippen LogP contribution in [0.2, 0.25) is 0 Å². The molecule has 0 bridgehead atoms. The molecule has 5 nitrogen and oxygen atoms in total. The Hall–Kier alpha value is -3.73. The summed E-state index contributed by atoms with van der Waals surface area (Å²) in [6.45, 7) is 8.44. The predicted molar refractivity (Wildman–Crippen MR) is 142 cm³/mol. The smallest absolute Gasteiger partial charge is 0.266 e. The van der Waals surface area contributed by atoms with E-state index in [-0.39, 0.29) is 17.4 Å². The zero-order valence-corrected chi connectivity index (χ0v) is 20.9. The van der Waals surface area contributed by atoms with E-state index < -0.39 is 6.04 Å². The van der Waals surface area contributed by atoms with E-state index in [1.807, 2.05) is 92.4 Å². The van der Waals surface area contributed by atoms with Crippen LogP contribution in [0.25, 0.3) is 16.6 Å². The van der Waals surface area contributed by atoms with Gasteiger partial charge < -0.3 is 4.90 Å². The highest BCUT2D eigenvalue weighted by Gasteiger charge is 2.28. The number of carbonyl (C=O) groups excluding carboxylic acids is 1. The van der Waals surface area contributed by atoms with E-state index in [4.69, 9.17) is 4.98 Å². The van der Waals surface area contributed by atoms with Gasteiger partial charge in [-0.05, 0) is 55.2 Å². The molecule has 1 atom stereocenters. The first-order chi connectivity index (χ1) is 16.9. The van der Waals surface area contributed by atoms with Crippen molar-refractivity contribution < 1.29 is 4.79 Å². The fourth-order valence-corrected chi connectivity index (χ4v) is 4.42. The minimum atomic E-state index is -0.392. The number of hydrogen-bond donors (Lipinski definition) is 0. The van der Waals surface area contributed by atoms with E-state index in [2.05, 4.69) is 19.1 Å². The van der Waals surface area contributed by atoms with Crippen LogP contribution in [0.4, 0.5) is 0 Å². The van der Waals surface area contributed by atoms with Gasteiger partial charge in [-0.1, -0.05) is 75.4 Å². The van der Waals surface area contributed by atoms with E-state index in [9.17, 15) is 9.59 Å². The topological polar surface area (TPSA) is 55.2 Å². The van der Waals surface area contributed by atoms with E-state index in [0.717, 1.165) is 18.5 Å². The summed E-state index contributed by atoms with van der Waals surface area (Å²) in [5.41, 5.74) is 3.64. The van der Waals surface area contributed by atoms with Gasteiger partial charge in [-0.3, -0.25) is 14.2 Å². The van der Waals surface area contributed by atoms with Crippen LogP contribution >= 0.6 is 0 Å². The Morgan fingerprint density at radius 1 is 0.886 bits per heavy atom. The Morgan fingerprint density at radius 2 is 1.54 bits per heavy atom. The van der Waals surface area contributed by atoms with Gasteiger partial charge in [0, 0.05) is 12.5 Å². The molecule has 0 fully saturated rings. The molecule has 180 valence electrons. The number of rotatable bonds is 8. The minimum absolute atomic E-state index is 0.0451. The number of fused-ring (bicyclic) bond motifs is 1. The third-order valence-corrected chi connectivity index (χ3v) is 6.51. The Morgan fingerprint density at radius 3 is 2.20 bits per heavy atom. The fraction of sp³-hybridized carbons (Fsp3) is 0.300. The van der Waals surface area contributed by atoms with Gasteiger partial charge in [0.05, 0.1) is 22.6 Å². The number of aryl methyl sites for hydroxylation is 1. The van der Waals surface area contributed by atoms with Crippen LogP contribution in [0.1, 0.15) is 50.7 Å². The highest BCUT2D eigenvalue weighted by atomic mass is 16.2. The molecule has 5 heteroatoms. The second kappa shape index (κ2) is 10.7. The monoisotopic (exact) mass is 467 g/mol. The molecule has 0 N–H and O–H groups in total.